The lowest BCUT2D eigenvalue weighted by Crippen LogP contribution is -2.39. The van der Waals surface area contributed by atoms with Gasteiger partial charge in [-0.3, -0.25) is 0 Å². The SMILES string of the molecule is Cc1cc(OC(C(=O)O)C(C)(C)C)cc(C)c1O. The molecule has 0 radical (unpaired) electrons. The van der Waals surface area contributed by atoms with Gasteiger partial charge < -0.3 is 14.9 Å². The summed E-state index contributed by atoms with van der Waals surface area (Å²) in [6.07, 6.45) is -0.930. The Morgan fingerprint density at radius 1 is 1.22 bits per heavy atom. The lowest BCUT2D eigenvalue weighted by molar-refractivity contribution is -0.150. The zero-order valence-corrected chi connectivity index (χ0v) is 11.4. The molecule has 1 unspecified atom stereocenters. The fourth-order valence-corrected chi connectivity index (χ4v) is 1.72. The highest BCUT2D eigenvalue weighted by molar-refractivity contribution is 5.73. The molecule has 1 atom stereocenters. The maximum Gasteiger partial charge on any atom is 0.345 e. The van der Waals surface area contributed by atoms with Crippen molar-refractivity contribution in [3.8, 4) is 11.5 Å². The van der Waals surface area contributed by atoms with E-state index in [9.17, 15) is 15.0 Å². The van der Waals surface area contributed by atoms with Crippen molar-refractivity contribution < 1.29 is 19.7 Å². The lowest BCUT2D eigenvalue weighted by atomic mass is 9.89. The molecule has 4 nitrogen and oxygen atoms in total. The van der Waals surface area contributed by atoms with Crippen LogP contribution in [0.2, 0.25) is 0 Å². The average molecular weight is 252 g/mol. The summed E-state index contributed by atoms with van der Waals surface area (Å²) in [6.45, 7) is 8.94. The number of carbonyl (C=O) groups is 1. The van der Waals surface area contributed by atoms with Gasteiger partial charge in [0.1, 0.15) is 11.5 Å². The molecule has 1 aromatic rings. The van der Waals surface area contributed by atoms with Crippen LogP contribution < -0.4 is 4.74 Å². The number of phenols is 1. The van der Waals surface area contributed by atoms with Crippen molar-refractivity contribution in [3.05, 3.63) is 23.3 Å². The molecule has 1 rings (SSSR count). The first-order valence-corrected chi connectivity index (χ1v) is 5.82. The predicted molar refractivity (Wildman–Crippen MR) is 69.1 cm³/mol. The summed E-state index contributed by atoms with van der Waals surface area (Å²) in [5.74, 6) is -0.319. The van der Waals surface area contributed by atoms with Crippen molar-refractivity contribution in [1.29, 1.82) is 0 Å². The quantitative estimate of drug-likeness (QED) is 0.868. The Morgan fingerprint density at radius 3 is 2.00 bits per heavy atom. The number of aryl methyl sites for hydroxylation is 2. The number of carboxylic acid groups (broad SMARTS) is 1. The highest BCUT2D eigenvalue weighted by Gasteiger charge is 2.33. The van der Waals surface area contributed by atoms with Crippen LogP contribution in [0.3, 0.4) is 0 Å². The first-order valence-electron chi connectivity index (χ1n) is 5.82. The molecule has 0 aliphatic heterocycles. The molecule has 2 N–H and O–H groups in total. The number of carboxylic acids is 1. The Labute approximate surface area is 107 Å². The van der Waals surface area contributed by atoms with Crippen LogP contribution in [0.15, 0.2) is 12.1 Å². The molecule has 0 spiro atoms. The van der Waals surface area contributed by atoms with Crippen molar-refractivity contribution in [2.45, 2.75) is 40.7 Å². The third-order valence-electron chi connectivity index (χ3n) is 2.73. The van der Waals surface area contributed by atoms with E-state index in [1.54, 1.807) is 26.0 Å². The van der Waals surface area contributed by atoms with Crippen LogP contribution in [0.25, 0.3) is 0 Å². The molecule has 18 heavy (non-hydrogen) atoms. The smallest absolute Gasteiger partial charge is 0.345 e. The summed E-state index contributed by atoms with van der Waals surface area (Å²) in [5.41, 5.74) is 0.831. The molecule has 0 aliphatic rings. The minimum Gasteiger partial charge on any atom is -0.507 e. The molecule has 0 aliphatic carbocycles. The van der Waals surface area contributed by atoms with Crippen LogP contribution in [0, 0.1) is 19.3 Å². The van der Waals surface area contributed by atoms with Gasteiger partial charge in [0.15, 0.2) is 6.10 Å². The van der Waals surface area contributed by atoms with Crippen LogP contribution in [-0.2, 0) is 4.79 Å². The molecule has 0 bridgehead atoms. The maximum absolute atomic E-state index is 11.2. The first-order chi connectivity index (χ1) is 8.12. The molecule has 0 amide bonds. The van der Waals surface area contributed by atoms with Crippen molar-refractivity contribution in [3.63, 3.8) is 0 Å². The van der Waals surface area contributed by atoms with E-state index in [1.165, 1.54) is 0 Å². The lowest BCUT2D eigenvalue weighted by Gasteiger charge is -2.27. The van der Waals surface area contributed by atoms with Gasteiger partial charge in [0.05, 0.1) is 0 Å². The summed E-state index contributed by atoms with van der Waals surface area (Å²) in [4.78, 5) is 11.2. The fourth-order valence-electron chi connectivity index (χ4n) is 1.72. The van der Waals surface area contributed by atoms with Crippen molar-refractivity contribution in [1.82, 2.24) is 0 Å². The van der Waals surface area contributed by atoms with Gasteiger partial charge in [-0.25, -0.2) is 4.79 Å². The predicted octanol–water partition coefficient (Wildman–Crippen LogP) is 2.89. The summed E-state index contributed by atoms with van der Waals surface area (Å²) >= 11 is 0. The van der Waals surface area contributed by atoms with E-state index in [0.29, 0.717) is 16.9 Å². The van der Waals surface area contributed by atoms with E-state index in [0.717, 1.165) is 0 Å². The Bertz CT molecular complexity index is 434. The van der Waals surface area contributed by atoms with E-state index in [1.807, 2.05) is 20.8 Å². The largest absolute Gasteiger partial charge is 0.507 e. The Morgan fingerprint density at radius 2 is 1.67 bits per heavy atom. The number of aromatic hydroxyl groups is 1. The van der Waals surface area contributed by atoms with E-state index in [4.69, 9.17) is 4.74 Å². The standard InChI is InChI=1S/C14H20O4/c1-8-6-10(7-9(2)11(8)15)18-12(13(16)17)14(3,4)5/h6-7,12,15H,1-5H3,(H,16,17). The first kappa shape index (κ1) is 14.4. The van der Waals surface area contributed by atoms with E-state index in [2.05, 4.69) is 0 Å². The monoisotopic (exact) mass is 252 g/mol. The van der Waals surface area contributed by atoms with Crippen LogP contribution >= 0.6 is 0 Å². The van der Waals surface area contributed by atoms with Gasteiger partial charge >= 0.3 is 5.97 Å². The summed E-state index contributed by atoms with van der Waals surface area (Å²) in [6, 6.07) is 3.29. The highest BCUT2D eigenvalue weighted by Crippen LogP contribution is 2.30. The zero-order chi connectivity index (χ0) is 14.1. The summed E-state index contributed by atoms with van der Waals surface area (Å²) in [5, 5.41) is 18.9. The molecular formula is C14H20O4. The van der Waals surface area contributed by atoms with Gasteiger partial charge in [-0.15, -0.1) is 0 Å². The van der Waals surface area contributed by atoms with Gasteiger partial charge in [0.2, 0.25) is 0 Å². The van der Waals surface area contributed by atoms with Crippen LogP contribution in [-0.4, -0.2) is 22.3 Å². The van der Waals surface area contributed by atoms with Gasteiger partial charge in [-0.1, -0.05) is 20.8 Å². The molecule has 0 saturated carbocycles. The normalized spacial score (nSPS) is 13.2. The summed E-state index contributed by atoms with van der Waals surface area (Å²) in [7, 11) is 0. The summed E-state index contributed by atoms with van der Waals surface area (Å²) < 4.78 is 5.55. The van der Waals surface area contributed by atoms with Crippen molar-refractivity contribution in [2.75, 3.05) is 0 Å². The molecule has 0 fully saturated rings. The minimum atomic E-state index is -0.995. The number of benzene rings is 1. The number of ether oxygens (including phenoxy) is 1. The van der Waals surface area contributed by atoms with E-state index < -0.39 is 17.5 Å². The second-order valence-electron chi connectivity index (χ2n) is 5.61. The molecule has 4 heteroatoms. The van der Waals surface area contributed by atoms with Gasteiger partial charge in [0.25, 0.3) is 0 Å². The van der Waals surface area contributed by atoms with Crippen LogP contribution in [0.5, 0.6) is 11.5 Å². The van der Waals surface area contributed by atoms with Crippen molar-refractivity contribution in [2.24, 2.45) is 5.41 Å². The van der Waals surface area contributed by atoms with Gasteiger partial charge in [-0.05, 0) is 37.1 Å². The third-order valence-corrected chi connectivity index (χ3v) is 2.73. The number of rotatable bonds is 3. The topological polar surface area (TPSA) is 66.8 Å². The number of hydrogen-bond acceptors (Lipinski definition) is 3. The average Bonchev–Trinajstić information content (AvgIpc) is 2.20. The van der Waals surface area contributed by atoms with Gasteiger partial charge in [0, 0.05) is 5.41 Å². The number of aliphatic carboxylic acids is 1. The minimum absolute atomic E-state index is 0.213. The number of phenolic OH excluding ortho intramolecular Hbond substituents is 1. The maximum atomic E-state index is 11.2. The second kappa shape index (κ2) is 4.88. The Hall–Kier alpha value is -1.71. The Kier molecular flexibility index (Phi) is 3.89. The Balaban J connectivity index is 3.06. The molecule has 0 saturated heterocycles. The highest BCUT2D eigenvalue weighted by atomic mass is 16.5. The molecular weight excluding hydrogens is 232 g/mol. The van der Waals surface area contributed by atoms with E-state index in [-0.39, 0.29) is 5.75 Å². The van der Waals surface area contributed by atoms with Crippen molar-refractivity contribution >= 4 is 5.97 Å². The van der Waals surface area contributed by atoms with E-state index >= 15 is 0 Å². The molecule has 100 valence electrons. The van der Waals surface area contributed by atoms with Crippen LogP contribution in [0.1, 0.15) is 31.9 Å². The molecule has 0 aromatic heterocycles. The van der Waals surface area contributed by atoms with Gasteiger partial charge in [-0.2, -0.15) is 0 Å². The third kappa shape index (κ3) is 3.15. The molecule has 1 aromatic carbocycles. The number of hydrogen-bond donors (Lipinski definition) is 2. The molecule has 0 heterocycles. The fraction of sp³-hybridized carbons (Fsp3) is 0.500. The zero-order valence-electron chi connectivity index (χ0n) is 11.4. The van der Waals surface area contributed by atoms with Crippen LogP contribution in [0.4, 0.5) is 0 Å². The second-order valence-corrected chi connectivity index (χ2v) is 5.61.